The van der Waals surface area contributed by atoms with Crippen LogP contribution in [0.15, 0.2) is 42.7 Å². The second kappa shape index (κ2) is 5.26. The van der Waals surface area contributed by atoms with Crippen LogP contribution in [0.4, 0.5) is 18.9 Å². The molecular weight excluding hydrogens is 255 g/mol. The second-order valence-electron chi connectivity index (χ2n) is 4.08. The lowest BCUT2D eigenvalue weighted by Gasteiger charge is -2.18. The molecule has 100 valence electrons. The van der Waals surface area contributed by atoms with E-state index >= 15 is 0 Å². The molecule has 2 heterocycles. The molecule has 19 heavy (non-hydrogen) atoms. The summed E-state index contributed by atoms with van der Waals surface area (Å²) in [6, 6.07) is 7.90. The summed E-state index contributed by atoms with van der Waals surface area (Å²) in [5.41, 5.74) is 0.561. The third-order valence-electron chi connectivity index (χ3n) is 2.60. The highest BCUT2D eigenvalue weighted by atomic mass is 19.4. The summed E-state index contributed by atoms with van der Waals surface area (Å²) in [6.45, 7) is 0.508. The maximum atomic E-state index is 12.4. The van der Waals surface area contributed by atoms with Gasteiger partial charge in [0.25, 0.3) is 0 Å². The average Bonchev–Trinajstić information content (AvgIpc) is 2.39. The molecule has 0 aliphatic carbocycles. The van der Waals surface area contributed by atoms with Gasteiger partial charge in [-0.2, -0.15) is 13.2 Å². The second-order valence-corrected chi connectivity index (χ2v) is 4.08. The maximum Gasteiger partial charge on any atom is 0.433 e. The fourth-order valence-electron chi connectivity index (χ4n) is 1.61. The molecule has 0 aromatic carbocycles. The van der Waals surface area contributed by atoms with Gasteiger partial charge < -0.3 is 4.90 Å². The molecule has 0 aliphatic heterocycles. The standard InChI is InChI=1S/C13H12F3N3/c1-19(9-10-4-2-3-7-17-10)11-5-6-12(18-8-11)13(14,15)16/h2-8H,9H2,1H3. The minimum Gasteiger partial charge on any atom is -0.367 e. The summed E-state index contributed by atoms with van der Waals surface area (Å²) < 4.78 is 37.1. The van der Waals surface area contributed by atoms with E-state index in [-0.39, 0.29) is 0 Å². The Kier molecular flexibility index (Phi) is 3.69. The summed E-state index contributed by atoms with van der Waals surface area (Å²) in [5.74, 6) is 0. The van der Waals surface area contributed by atoms with Gasteiger partial charge >= 0.3 is 6.18 Å². The first-order valence-electron chi connectivity index (χ1n) is 5.61. The molecule has 0 fully saturated rings. The molecule has 0 atom stereocenters. The normalized spacial score (nSPS) is 11.4. The molecule has 0 spiro atoms. The van der Waals surface area contributed by atoms with E-state index in [2.05, 4.69) is 9.97 Å². The lowest BCUT2D eigenvalue weighted by Crippen LogP contribution is -2.18. The summed E-state index contributed by atoms with van der Waals surface area (Å²) in [4.78, 5) is 9.37. The molecule has 0 radical (unpaired) electrons. The quantitative estimate of drug-likeness (QED) is 0.855. The molecule has 2 aromatic heterocycles. The highest BCUT2D eigenvalue weighted by Gasteiger charge is 2.32. The van der Waals surface area contributed by atoms with Crippen molar-refractivity contribution in [1.29, 1.82) is 0 Å². The molecule has 6 heteroatoms. The van der Waals surface area contributed by atoms with E-state index < -0.39 is 11.9 Å². The van der Waals surface area contributed by atoms with Crippen molar-refractivity contribution in [3.05, 3.63) is 54.1 Å². The van der Waals surface area contributed by atoms with Crippen molar-refractivity contribution >= 4 is 5.69 Å². The number of anilines is 1. The fourth-order valence-corrected chi connectivity index (χ4v) is 1.61. The summed E-state index contributed by atoms with van der Waals surface area (Å²) >= 11 is 0. The average molecular weight is 267 g/mol. The van der Waals surface area contributed by atoms with E-state index in [0.717, 1.165) is 11.8 Å². The molecule has 3 nitrogen and oxygen atoms in total. The molecular formula is C13H12F3N3. The maximum absolute atomic E-state index is 12.4. The van der Waals surface area contributed by atoms with Gasteiger partial charge in [-0.1, -0.05) is 6.07 Å². The van der Waals surface area contributed by atoms with Crippen LogP contribution in [0.2, 0.25) is 0 Å². The van der Waals surface area contributed by atoms with Gasteiger partial charge in [0.2, 0.25) is 0 Å². The molecule has 0 N–H and O–H groups in total. The lowest BCUT2D eigenvalue weighted by atomic mass is 10.3. The van der Waals surface area contributed by atoms with Gasteiger partial charge in [0, 0.05) is 13.2 Å². The van der Waals surface area contributed by atoms with E-state index in [0.29, 0.717) is 12.2 Å². The van der Waals surface area contributed by atoms with Crippen LogP contribution < -0.4 is 4.90 Å². The zero-order chi connectivity index (χ0) is 13.9. The van der Waals surface area contributed by atoms with Crippen molar-refractivity contribution in [2.24, 2.45) is 0 Å². The number of rotatable bonds is 3. The van der Waals surface area contributed by atoms with Gasteiger partial charge in [-0.05, 0) is 24.3 Å². The summed E-state index contributed by atoms with van der Waals surface area (Å²) in [5, 5.41) is 0. The number of pyridine rings is 2. The predicted molar refractivity (Wildman–Crippen MR) is 65.6 cm³/mol. The van der Waals surface area contributed by atoms with Crippen molar-refractivity contribution in [2.75, 3.05) is 11.9 Å². The first kappa shape index (κ1) is 13.3. The molecule has 0 unspecified atom stereocenters. The van der Waals surface area contributed by atoms with Crippen molar-refractivity contribution in [3.63, 3.8) is 0 Å². The van der Waals surface area contributed by atoms with Crippen molar-refractivity contribution < 1.29 is 13.2 Å². The number of alkyl halides is 3. The highest BCUT2D eigenvalue weighted by Crippen LogP contribution is 2.28. The Hall–Kier alpha value is -2.11. The van der Waals surface area contributed by atoms with Gasteiger partial charge in [0.1, 0.15) is 5.69 Å². The minimum absolute atomic E-state index is 0.508. The molecule has 0 saturated heterocycles. The van der Waals surface area contributed by atoms with E-state index in [1.165, 1.54) is 12.3 Å². The Morgan fingerprint density at radius 3 is 2.42 bits per heavy atom. The number of halogens is 3. The van der Waals surface area contributed by atoms with Crippen molar-refractivity contribution in [3.8, 4) is 0 Å². The van der Waals surface area contributed by atoms with Gasteiger partial charge in [-0.25, -0.2) is 4.98 Å². The number of aromatic nitrogens is 2. The Morgan fingerprint density at radius 1 is 1.11 bits per heavy atom. The Morgan fingerprint density at radius 2 is 1.89 bits per heavy atom. The first-order chi connectivity index (χ1) is 8.97. The zero-order valence-corrected chi connectivity index (χ0v) is 10.2. The van der Waals surface area contributed by atoms with E-state index in [1.807, 2.05) is 18.2 Å². The third kappa shape index (κ3) is 3.43. The minimum atomic E-state index is -4.40. The van der Waals surface area contributed by atoms with Gasteiger partial charge in [-0.3, -0.25) is 4.98 Å². The van der Waals surface area contributed by atoms with Crippen molar-refractivity contribution in [1.82, 2.24) is 9.97 Å². The summed E-state index contributed by atoms with van der Waals surface area (Å²) in [7, 11) is 1.78. The molecule has 2 aromatic rings. The number of hydrogen-bond donors (Lipinski definition) is 0. The Labute approximate surface area is 108 Å². The monoisotopic (exact) mass is 267 g/mol. The molecule has 0 bridgehead atoms. The van der Waals surface area contributed by atoms with Crippen LogP contribution in [0.3, 0.4) is 0 Å². The van der Waals surface area contributed by atoms with Crippen LogP contribution in [-0.2, 0) is 12.7 Å². The van der Waals surface area contributed by atoms with Gasteiger partial charge in [-0.15, -0.1) is 0 Å². The highest BCUT2D eigenvalue weighted by molar-refractivity contribution is 5.44. The number of hydrogen-bond acceptors (Lipinski definition) is 3. The smallest absolute Gasteiger partial charge is 0.367 e. The molecule has 0 amide bonds. The fraction of sp³-hybridized carbons (Fsp3) is 0.231. The Balaban J connectivity index is 2.10. The molecule has 0 aliphatic rings. The summed E-state index contributed by atoms with van der Waals surface area (Å²) in [6.07, 6.45) is -1.52. The van der Waals surface area contributed by atoms with Crippen LogP contribution in [-0.4, -0.2) is 17.0 Å². The van der Waals surface area contributed by atoms with Crippen LogP contribution in [0.1, 0.15) is 11.4 Å². The third-order valence-corrected chi connectivity index (χ3v) is 2.60. The topological polar surface area (TPSA) is 29.0 Å². The van der Waals surface area contributed by atoms with E-state index in [9.17, 15) is 13.2 Å². The van der Waals surface area contributed by atoms with Crippen LogP contribution >= 0.6 is 0 Å². The van der Waals surface area contributed by atoms with Gasteiger partial charge in [0.05, 0.1) is 24.1 Å². The van der Waals surface area contributed by atoms with Gasteiger partial charge in [0.15, 0.2) is 0 Å². The lowest BCUT2D eigenvalue weighted by molar-refractivity contribution is -0.141. The van der Waals surface area contributed by atoms with Crippen LogP contribution in [0.25, 0.3) is 0 Å². The molecule has 2 rings (SSSR count). The molecule has 0 saturated carbocycles. The first-order valence-corrected chi connectivity index (χ1v) is 5.61. The number of nitrogens with zero attached hydrogens (tertiary/aromatic N) is 3. The van der Waals surface area contributed by atoms with Crippen LogP contribution in [0.5, 0.6) is 0 Å². The van der Waals surface area contributed by atoms with E-state index in [4.69, 9.17) is 0 Å². The SMILES string of the molecule is CN(Cc1ccccn1)c1ccc(C(F)(F)F)nc1. The largest absolute Gasteiger partial charge is 0.433 e. The van der Waals surface area contributed by atoms with E-state index in [1.54, 1.807) is 18.1 Å². The Bertz CT molecular complexity index is 523. The predicted octanol–water partition coefficient (Wildman–Crippen LogP) is 3.13. The zero-order valence-electron chi connectivity index (χ0n) is 10.2. The van der Waals surface area contributed by atoms with Crippen LogP contribution in [0, 0.1) is 0 Å². The van der Waals surface area contributed by atoms with Crippen molar-refractivity contribution in [2.45, 2.75) is 12.7 Å².